The van der Waals surface area contributed by atoms with Crippen LogP contribution in [-0.4, -0.2) is 70.5 Å². The Kier molecular flexibility index (Phi) is 6.93. The Hall–Kier alpha value is -2.29. The molecule has 2 aromatic rings. The molecule has 0 bridgehead atoms. The summed E-state index contributed by atoms with van der Waals surface area (Å²) < 4.78 is 7.03. The molecule has 10 nitrogen and oxygen atoms in total. The second-order valence-electron chi connectivity index (χ2n) is 8.78. The summed E-state index contributed by atoms with van der Waals surface area (Å²) in [4.78, 5) is 12.8. The number of aliphatic hydroxyl groups excluding tert-OH is 3. The Labute approximate surface area is 186 Å². The van der Waals surface area contributed by atoms with Crippen molar-refractivity contribution in [1.29, 1.82) is 0 Å². The van der Waals surface area contributed by atoms with Gasteiger partial charge in [0.05, 0.1) is 18.5 Å². The molecule has 1 aliphatic carbocycles. The standard InChI is InChI=1S/C22H31N5O5/c23-19-16-20(27(13-24-16)21-18(30)17(29)14(12-28)32-21)26-15(25-19)8-4-7-11-22(31)9-5-2-1-3-6-10-22/h13-14,17-18,21,28-31H,1-3,5-7,9-12H2,(H2,23,25,26)/t14-,17-,18-,21-/m1/s1. The first-order valence-corrected chi connectivity index (χ1v) is 11.3. The quantitative estimate of drug-likeness (QED) is 0.425. The smallest absolute Gasteiger partial charge is 0.208 e. The molecule has 174 valence electrons. The van der Waals surface area contributed by atoms with Gasteiger partial charge in [0.25, 0.3) is 0 Å². The van der Waals surface area contributed by atoms with E-state index in [2.05, 4.69) is 26.8 Å². The van der Waals surface area contributed by atoms with Crippen molar-refractivity contribution in [2.24, 2.45) is 0 Å². The van der Waals surface area contributed by atoms with Crippen LogP contribution in [0.2, 0.25) is 0 Å². The van der Waals surface area contributed by atoms with E-state index in [0.717, 1.165) is 25.7 Å². The summed E-state index contributed by atoms with van der Waals surface area (Å²) in [5.41, 5.74) is 6.02. The van der Waals surface area contributed by atoms with Gasteiger partial charge in [-0.25, -0.2) is 15.0 Å². The molecule has 10 heteroatoms. The minimum atomic E-state index is -1.26. The zero-order valence-electron chi connectivity index (χ0n) is 18.0. The average molecular weight is 446 g/mol. The fourth-order valence-corrected chi connectivity index (χ4v) is 4.54. The minimum absolute atomic E-state index is 0.142. The van der Waals surface area contributed by atoms with Crippen LogP contribution in [0.3, 0.4) is 0 Å². The van der Waals surface area contributed by atoms with Gasteiger partial charge in [-0.15, -0.1) is 0 Å². The summed E-state index contributed by atoms with van der Waals surface area (Å²) >= 11 is 0. The molecule has 4 atom stereocenters. The molecule has 0 amide bonds. The number of rotatable bonds is 4. The second-order valence-corrected chi connectivity index (χ2v) is 8.78. The molecule has 4 rings (SSSR count). The topological polar surface area (TPSA) is 160 Å². The fourth-order valence-electron chi connectivity index (χ4n) is 4.54. The second kappa shape index (κ2) is 9.68. The van der Waals surface area contributed by atoms with E-state index in [1.165, 1.54) is 30.2 Å². The zero-order chi connectivity index (χ0) is 22.7. The van der Waals surface area contributed by atoms with Crippen LogP contribution in [-0.2, 0) is 4.74 Å². The van der Waals surface area contributed by atoms with E-state index in [-0.39, 0.29) is 11.6 Å². The van der Waals surface area contributed by atoms with Gasteiger partial charge in [0.2, 0.25) is 5.82 Å². The molecule has 32 heavy (non-hydrogen) atoms. The maximum atomic E-state index is 10.9. The third-order valence-electron chi connectivity index (χ3n) is 6.44. The van der Waals surface area contributed by atoms with Gasteiger partial charge in [0.15, 0.2) is 17.7 Å². The Bertz CT molecular complexity index is 992. The summed E-state index contributed by atoms with van der Waals surface area (Å²) in [6.45, 7) is -0.429. The molecular formula is C22H31N5O5. The first-order valence-electron chi connectivity index (χ1n) is 11.3. The number of nitrogens with two attached hydrogens (primary N) is 1. The van der Waals surface area contributed by atoms with E-state index < -0.39 is 36.7 Å². The Morgan fingerprint density at radius 1 is 1.12 bits per heavy atom. The predicted octanol–water partition coefficient (Wildman–Crippen LogP) is 0.627. The molecule has 2 aromatic heterocycles. The van der Waals surface area contributed by atoms with Gasteiger partial charge in [0, 0.05) is 6.42 Å². The van der Waals surface area contributed by atoms with E-state index in [1.807, 2.05) is 0 Å². The lowest BCUT2D eigenvalue weighted by atomic mass is 9.84. The zero-order valence-corrected chi connectivity index (χ0v) is 18.0. The van der Waals surface area contributed by atoms with Crippen molar-refractivity contribution in [1.82, 2.24) is 19.5 Å². The third-order valence-corrected chi connectivity index (χ3v) is 6.44. The Morgan fingerprint density at radius 3 is 2.53 bits per heavy atom. The van der Waals surface area contributed by atoms with E-state index >= 15 is 0 Å². The number of imidazole rings is 1. The highest BCUT2D eigenvalue weighted by Gasteiger charge is 2.44. The summed E-state index contributed by atoms with van der Waals surface area (Å²) in [5, 5.41) is 40.6. The van der Waals surface area contributed by atoms with Crippen molar-refractivity contribution in [3.63, 3.8) is 0 Å². The molecule has 1 saturated heterocycles. The summed E-state index contributed by atoms with van der Waals surface area (Å²) in [5.74, 6) is 6.30. The van der Waals surface area contributed by atoms with Crippen molar-refractivity contribution < 1.29 is 25.2 Å². The van der Waals surface area contributed by atoms with Crippen LogP contribution in [0.4, 0.5) is 5.82 Å². The lowest BCUT2D eigenvalue weighted by molar-refractivity contribution is -0.0511. The number of nitrogen functional groups attached to an aromatic ring is 1. The maximum Gasteiger partial charge on any atom is 0.208 e. The maximum absolute atomic E-state index is 10.9. The van der Waals surface area contributed by atoms with E-state index in [9.17, 15) is 20.4 Å². The van der Waals surface area contributed by atoms with Crippen LogP contribution in [0.25, 0.3) is 11.2 Å². The molecular weight excluding hydrogens is 414 g/mol. The lowest BCUT2D eigenvalue weighted by Crippen LogP contribution is -2.33. The monoisotopic (exact) mass is 445 g/mol. The number of hydrogen-bond acceptors (Lipinski definition) is 9. The van der Waals surface area contributed by atoms with Gasteiger partial charge in [-0.3, -0.25) is 4.57 Å². The SMILES string of the molecule is Nc1nc(C#CCCC2(O)CCCCCCC2)nc2c1ncn2[C@@H]1O[C@H](CO)[C@@H](O)[C@H]1O. The van der Waals surface area contributed by atoms with Crippen LogP contribution < -0.4 is 5.73 Å². The van der Waals surface area contributed by atoms with E-state index in [4.69, 9.17) is 10.5 Å². The van der Waals surface area contributed by atoms with Crippen LogP contribution in [0.1, 0.15) is 69.8 Å². The molecule has 0 aromatic carbocycles. The average Bonchev–Trinajstić information content (AvgIpc) is 3.30. The number of fused-ring (bicyclic) bond motifs is 1. The van der Waals surface area contributed by atoms with Crippen LogP contribution in [0.5, 0.6) is 0 Å². The van der Waals surface area contributed by atoms with Gasteiger partial charge < -0.3 is 30.9 Å². The molecule has 1 saturated carbocycles. The Balaban J connectivity index is 1.51. The number of aromatic nitrogens is 4. The molecule has 2 fully saturated rings. The van der Waals surface area contributed by atoms with Gasteiger partial charge in [-0.2, -0.15) is 0 Å². The van der Waals surface area contributed by atoms with Gasteiger partial charge >= 0.3 is 0 Å². The largest absolute Gasteiger partial charge is 0.394 e. The molecule has 0 radical (unpaired) electrons. The molecule has 3 heterocycles. The normalized spacial score (nSPS) is 28.1. The summed E-state index contributed by atoms with van der Waals surface area (Å²) in [6.07, 6.45) is 5.45. The molecule has 0 unspecified atom stereocenters. The summed E-state index contributed by atoms with van der Waals surface area (Å²) in [6, 6.07) is 0. The number of ether oxygens (including phenoxy) is 1. The van der Waals surface area contributed by atoms with Crippen LogP contribution >= 0.6 is 0 Å². The van der Waals surface area contributed by atoms with E-state index in [1.54, 1.807) is 0 Å². The van der Waals surface area contributed by atoms with Crippen molar-refractivity contribution in [3.05, 3.63) is 12.2 Å². The summed E-state index contributed by atoms with van der Waals surface area (Å²) in [7, 11) is 0. The predicted molar refractivity (Wildman–Crippen MR) is 116 cm³/mol. The van der Waals surface area contributed by atoms with Crippen molar-refractivity contribution >= 4 is 17.0 Å². The van der Waals surface area contributed by atoms with Gasteiger partial charge in [-0.1, -0.05) is 38.0 Å². The molecule has 2 aliphatic rings. The van der Waals surface area contributed by atoms with Gasteiger partial charge in [-0.05, 0) is 25.2 Å². The molecule has 1 aliphatic heterocycles. The lowest BCUT2D eigenvalue weighted by Gasteiger charge is -2.29. The number of aliphatic hydroxyl groups is 4. The first kappa shape index (κ1) is 22.9. The highest BCUT2D eigenvalue weighted by molar-refractivity contribution is 5.82. The highest BCUT2D eigenvalue weighted by Crippen LogP contribution is 2.32. The van der Waals surface area contributed by atoms with Gasteiger partial charge in [0.1, 0.15) is 23.8 Å². The molecule has 0 spiro atoms. The first-order chi connectivity index (χ1) is 15.4. The number of nitrogens with zero attached hydrogens (tertiary/aromatic N) is 4. The van der Waals surface area contributed by atoms with Crippen molar-refractivity contribution in [3.8, 4) is 11.8 Å². The van der Waals surface area contributed by atoms with Crippen LogP contribution in [0.15, 0.2) is 6.33 Å². The van der Waals surface area contributed by atoms with Crippen molar-refractivity contribution in [2.75, 3.05) is 12.3 Å². The van der Waals surface area contributed by atoms with E-state index in [0.29, 0.717) is 24.0 Å². The Morgan fingerprint density at radius 2 is 1.84 bits per heavy atom. The number of hydrogen-bond donors (Lipinski definition) is 5. The van der Waals surface area contributed by atoms with Crippen LogP contribution in [0, 0.1) is 11.8 Å². The highest BCUT2D eigenvalue weighted by atomic mass is 16.6. The van der Waals surface area contributed by atoms with Crippen molar-refractivity contribution in [2.45, 2.75) is 87.9 Å². The fraction of sp³-hybridized carbons (Fsp3) is 0.682. The minimum Gasteiger partial charge on any atom is -0.394 e. The number of anilines is 1. The third kappa shape index (κ3) is 4.72. The molecule has 6 N–H and O–H groups in total.